The van der Waals surface area contributed by atoms with Gasteiger partial charge in [0.05, 0.1) is 13.0 Å². The van der Waals surface area contributed by atoms with Crippen molar-refractivity contribution in [2.24, 2.45) is 5.92 Å². The van der Waals surface area contributed by atoms with E-state index < -0.39 is 0 Å². The second-order valence-electron chi connectivity index (χ2n) is 7.15. The highest BCUT2D eigenvalue weighted by atomic mass is 19.1. The Morgan fingerprint density at radius 2 is 2.00 bits per heavy atom. The first-order valence-corrected chi connectivity index (χ1v) is 10.2. The minimum Gasteiger partial charge on any atom is -0.466 e. The van der Waals surface area contributed by atoms with Crippen LogP contribution in [0.25, 0.3) is 0 Å². The van der Waals surface area contributed by atoms with Crippen LogP contribution in [0.4, 0.5) is 9.18 Å². The van der Waals surface area contributed by atoms with Gasteiger partial charge < -0.3 is 20.3 Å². The summed E-state index contributed by atoms with van der Waals surface area (Å²) in [5, 5.41) is 5.49. The molecule has 1 fully saturated rings. The first-order chi connectivity index (χ1) is 14.0. The minimum atomic E-state index is -0.329. The average molecular weight is 407 g/mol. The lowest BCUT2D eigenvalue weighted by atomic mass is 9.93. The third kappa shape index (κ3) is 8.09. The van der Waals surface area contributed by atoms with Crippen LogP contribution in [0.3, 0.4) is 0 Å². The predicted molar refractivity (Wildman–Crippen MR) is 106 cm³/mol. The van der Waals surface area contributed by atoms with Crippen molar-refractivity contribution >= 4 is 17.9 Å². The Labute approximate surface area is 171 Å². The summed E-state index contributed by atoms with van der Waals surface area (Å²) in [6.45, 7) is 3.74. The number of urea groups is 1. The first-order valence-electron chi connectivity index (χ1n) is 10.2. The molecule has 2 N–H and O–H groups in total. The van der Waals surface area contributed by atoms with Gasteiger partial charge in [0.2, 0.25) is 5.91 Å². The van der Waals surface area contributed by atoms with Crippen LogP contribution >= 0.6 is 0 Å². The van der Waals surface area contributed by atoms with Crippen molar-refractivity contribution in [2.75, 3.05) is 26.2 Å². The van der Waals surface area contributed by atoms with Gasteiger partial charge in [-0.25, -0.2) is 9.18 Å². The van der Waals surface area contributed by atoms with Gasteiger partial charge in [0.25, 0.3) is 0 Å². The lowest BCUT2D eigenvalue weighted by Crippen LogP contribution is -2.46. The van der Waals surface area contributed by atoms with Crippen LogP contribution in [0.1, 0.15) is 44.6 Å². The van der Waals surface area contributed by atoms with Crippen molar-refractivity contribution in [1.82, 2.24) is 15.5 Å². The topological polar surface area (TPSA) is 87.7 Å². The Hall–Kier alpha value is -2.64. The SMILES string of the molecule is CCOC(=O)CCNC(=O)N1CCC[C@H](CCC(=O)NCc2ccccc2F)C1. The molecular formula is C21H30FN3O4. The molecule has 3 amide bonds. The molecule has 160 valence electrons. The van der Waals surface area contributed by atoms with Gasteiger partial charge in [-0.3, -0.25) is 9.59 Å². The summed E-state index contributed by atoms with van der Waals surface area (Å²) in [6, 6.07) is 6.18. The highest BCUT2D eigenvalue weighted by Crippen LogP contribution is 2.21. The smallest absolute Gasteiger partial charge is 0.317 e. The minimum absolute atomic E-state index is 0.121. The van der Waals surface area contributed by atoms with Gasteiger partial charge in [-0.15, -0.1) is 0 Å². The molecule has 0 spiro atoms. The van der Waals surface area contributed by atoms with Crippen LogP contribution < -0.4 is 10.6 Å². The van der Waals surface area contributed by atoms with Crippen molar-refractivity contribution in [1.29, 1.82) is 0 Å². The van der Waals surface area contributed by atoms with Gasteiger partial charge in [-0.2, -0.15) is 0 Å². The number of likely N-dealkylation sites (tertiary alicyclic amines) is 1. The highest BCUT2D eigenvalue weighted by Gasteiger charge is 2.24. The van der Waals surface area contributed by atoms with Crippen molar-refractivity contribution in [2.45, 2.75) is 45.6 Å². The summed E-state index contributed by atoms with van der Waals surface area (Å²) in [5.41, 5.74) is 0.462. The molecule has 1 aliphatic rings. The third-order valence-electron chi connectivity index (χ3n) is 4.93. The molecule has 1 atom stereocenters. The number of carbonyl (C=O) groups excluding carboxylic acids is 3. The van der Waals surface area contributed by atoms with Gasteiger partial charge in [-0.05, 0) is 38.2 Å². The van der Waals surface area contributed by atoms with E-state index >= 15 is 0 Å². The van der Waals surface area contributed by atoms with E-state index in [1.165, 1.54) is 6.07 Å². The van der Waals surface area contributed by atoms with Gasteiger partial charge in [-0.1, -0.05) is 18.2 Å². The molecule has 0 unspecified atom stereocenters. The Morgan fingerprint density at radius 1 is 1.21 bits per heavy atom. The van der Waals surface area contributed by atoms with E-state index in [1.807, 2.05) is 0 Å². The third-order valence-corrected chi connectivity index (χ3v) is 4.93. The lowest BCUT2D eigenvalue weighted by molar-refractivity contribution is -0.142. The number of carbonyl (C=O) groups is 3. The normalized spacial score (nSPS) is 16.2. The summed E-state index contributed by atoms with van der Waals surface area (Å²) in [5.74, 6) is -0.529. The first kappa shape index (κ1) is 22.6. The Balaban J connectivity index is 1.66. The quantitative estimate of drug-likeness (QED) is 0.616. The number of esters is 1. The monoisotopic (exact) mass is 407 g/mol. The standard InChI is InChI=1S/C21H30FN3O4/c1-2-29-20(27)11-12-23-21(28)25-13-5-6-16(15-25)9-10-19(26)24-14-17-7-3-4-8-18(17)22/h3-4,7-8,16H,2,5-6,9-15H2,1H3,(H,23,28)(H,24,26)/t16-/m1/s1. The van der Waals surface area contributed by atoms with Crippen LogP contribution in [0, 0.1) is 11.7 Å². The molecule has 0 bridgehead atoms. The number of rotatable bonds is 9. The van der Waals surface area contributed by atoms with E-state index in [9.17, 15) is 18.8 Å². The van der Waals surface area contributed by atoms with Crippen LogP contribution in [-0.2, 0) is 20.9 Å². The molecule has 0 radical (unpaired) electrons. The fourth-order valence-corrected chi connectivity index (χ4v) is 3.36. The molecule has 0 saturated carbocycles. The molecule has 1 heterocycles. The summed E-state index contributed by atoms with van der Waals surface area (Å²) < 4.78 is 18.4. The molecule has 0 aromatic heterocycles. The second-order valence-corrected chi connectivity index (χ2v) is 7.15. The zero-order chi connectivity index (χ0) is 21.1. The fourth-order valence-electron chi connectivity index (χ4n) is 3.36. The van der Waals surface area contributed by atoms with Gasteiger partial charge in [0, 0.05) is 38.2 Å². The van der Waals surface area contributed by atoms with Crippen LogP contribution in [0.5, 0.6) is 0 Å². The highest BCUT2D eigenvalue weighted by molar-refractivity contribution is 5.76. The molecule has 2 rings (SSSR count). The summed E-state index contributed by atoms with van der Waals surface area (Å²) in [4.78, 5) is 37.4. The molecule has 7 nitrogen and oxygen atoms in total. The van der Waals surface area contributed by atoms with Crippen molar-refractivity contribution in [3.8, 4) is 0 Å². The Kier molecular flexibility index (Phi) is 9.40. The molecule has 1 aromatic carbocycles. The van der Waals surface area contributed by atoms with E-state index in [0.29, 0.717) is 38.1 Å². The van der Waals surface area contributed by atoms with Crippen LogP contribution in [0.15, 0.2) is 24.3 Å². The summed E-state index contributed by atoms with van der Waals surface area (Å²) in [7, 11) is 0. The van der Waals surface area contributed by atoms with E-state index in [-0.39, 0.29) is 49.2 Å². The van der Waals surface area contributed by atoms with Gasteiger partial charge in [0.1, 0.15) is 5.82 Å². The maximum absolute atomic E-state index is 13.6. The van der Waals surface area contributed by atoms with Gasteiger partial charge >= 0.3 is 12.0 Å². The number of halogens is 1. The Morgan fingerprint density at radius 3 is 2.76 bits per heavy atom. The van der Waals surface area contributed by atoms with Crippen molar-refractivity contribution < 1.29 is 23.5 Å². The molecule has 29 heavy (non-hydrogen) atoms. The lowest BCUT2D eigenvalue weighted by Gasteiger charge is -2.32. The van der Waals surface area contributed by atoms with Crippen LogP contribution in [-0.4, -0.2) is 49.0 Å². The molecule has 8 heteroatoms. The Bertz CT molecular complexity index is 698. The molecule has 1 saturated heterocycles. The molecule has 1 aliphatic heterocycles. The van der Waals surface area contributed by atoms with E-state index in [4.69, 9.17) is 4.74 Å². The number of hydrogen-bond acceptors (Lipinski definition) is 4. The zero-order valence-corrected chi connectivity index (χ0v) is 16.9. The number of nitrogens with zero attached hydrogens (tertiary/aromatic N) is 1. The zero-order valence-electron chi connectivity index (χ0n) is 16.9. The summed E-state index contributed by atoms with van der Waals surface area (Å²) in [6.07, 6.45) is 3.02. The number of piperidine rings is 1. The van der Waals surface area contributed by atoms with E-state index in [0.717, 1.165) is 12.8 Å². The number of amides is 3. The predicted octanol–water partition coefficient (Wildman–Crippen LogP) is 2.60. The molecule has 0 aliphatic carbocycles. The number of hydrogen-bond donors (Lipinski definition) is 2. The number of ether oxygens (including phenoxy) is 1. The van der Waals surface area contributed by atoms with Crippen molar-refractivity contribution in [3.05, 3.63) is 35.6 Å². The number of benzene rings is 1. The maximum Gasteiger partial charge on any atom is 0.317 e. The molecular weight excluding hydrogens is 377 g/mol. The largest absolute Gasteiger partial charge is 0.466 e. The average Bonchev–Trinajstić information content (AvgIpc) is 2.72. The second kappa shape index (κ2) is 12.0. The van der Waals surface area contributed by atoms with Gasteiger partial charge in [0.15, 0.2) is 0 Å². The fraction of sp³-hybridized carbons (Fsp3) is 0.571. The van der Waals surface area contributed by atoms with Crippen LogP contribution in [0.2, 0.25) is 0 Å². The molecule has 1 aromatic rings. The maximum atomic E-state index is 13.6. The van der Waals surface area contributed by atoms with Crippen molar-refractivity contribution in [3.63, 3.8) is 0 Å². The number of nitrogens with one attached hydrogen (secondary N) is 2. The summed E-state index contributed by atoms with van der Waals surface area (Å²) >= 11 is 0. The van der Waals surface area contributed by atoms with E-state index in [2.05, 4.69) is 10.6 Å². The van der Waals surface area contributed by atoms with E-state index in [1.54, 1.807) is 30.0 Å².